The van der Waals surface area contributed by atoms with Gasteiger partial charge in [-0.2, -0.15) is 0 Å². The van der Waals surface area contributed by atoms with E-state index in [-0.39, 0.29) is 0 Å². The molecule has 31 heavy (non-hydrogen) atoms. The number of nitrogens with one attached hydrogen (secondary N) is 2. The molecule has 1 fully saturated rings. The fourth-order valence-corrected chi connectivity index (χ4v) is 4.08. The molecule has 3 rings (SSSR count). The summed E-state index contributed by atoms with van der Waals surface area (Å²) in [6.07, 6.45) is 2.20. The van der Waals surface area contributed by atoms with Crippen LogP contribution in [0.25, 0.3) is 0 Å². The Labute approximate surface area is 186 Å². The summed E-state index contributed by atoms with van der Waals surface area (Å²) in [5.41, 5.74) is 2.51. The van der Waals surface area contributed by atoms with Gasteiger partial charge in [-0.3, -0.25) is 4.99 Å². The molecular formula is C25H36N4O2. The predicted molar refractivity (Wildman–Crippen MR) is 129 cm³/mol. The number of para-hydroxylation sites is 2. The number of ether oxygens (including phenoxy) is 2. The zero-order chi connectivity index (χ0) is 22.1. The van der Waals surface area contributed by atoms with Crippen LogP contribution in [0.1, 0.15) is 31.2 Å². The van der Waals surface area contributed by atoms with Gasteiger partial charge in [-0.15, -0.1) is 0 Å². The highest BCUT2D eigenvalue weighted by atomic mass is 16.5. The first-order chi connectivity index (χ1) is 15.1. The zero-order valence-electron chi connectivity index (χ0n) is 19.2. The number of guanidine groups is 1. The van der Waals surface area contributed by atoms with Gasteiger partial charge >= 0.3 is 0 Å². The lowest BCUT2D eigenvalue weighted by Gasteiger charge is -2.21. The first-order valence-electron chi connectivity index (χ1n) is 11.1. The second-order valence-electron chi connectivity index (χ2n) is 8.12. The fourth-order valence-electron chi connectivity index (χ4n) is 4.08. The Morgan fingerprint density at radius 1 is 1.10 bits per heavy atom. The van der Waals surface area contributed by atoms with E-state index < -0.39 is 0 Å². The molecule has 0 aliphatic carbocycles. The Kier molecular flexibility index (Phi) is 8.44. The highest BCUT2D eigenvalue weighted by Crippen LogP contribution is 2.31. The molecule has 168 valence electrons. The fraction of sp³-hybridized carbons (Fsp3) is 0.480. The van der Waals surface area contributed by atoms with E-state index in [0.717, 1.165) is 56.5 Å². The minimum absolute atomic E-state index is 0.473. The number of anilines is 1. The first-order valence-corrected chi connectivity index (χ1v) is 11.1. The van der Waals surface area contributed by atoms with Gasteiger partial charge in [-0.05, 0) is 54.5 Å². The summed E-state index contributed by atoms with van der Waals surface area (Å²) >= 11 is 0. The van der Waals surface area contributed by atoms with Gasteiger partial charge in [0.25, 0.3) is 0 Å². The molecule has 2 unspecified atom stereocenters. The van der Waals surface area contributed by atoms with Crippen LogP contribution in [0.3, 0.4) is 0 Å². The molecule has 0 radical (unpaired) electrons. The molecule has 0 amide bonds. The molecule has 2 aromatic carbocycles. The van der Waals surface area contributed by atoms with E-state index >= 15 is 0 Å². The minimum Gasteiger partial charge on any atom is -0.497 e. The normalized spacial score (nSPS) is 17.4. The lowest BCUT2D eigenvalue weighted by Crippen LogP contribution is -2.40. The molecule has 1 heterocycles. The molecule has 0 bridgehead atoms. The number of nitrogens with zero attached hydrogens (tertiary/aromatic N) is 2. The smallest absolute Gasteiger partial charge is 0.190 e. The van der Waals surface area contributed by atoms with Crippen molar-refractivity contribution in [2.24, 2.45) is 10.9 Å². The van der Waals surface area contributed by atoms with Gasteiger partial charge in [-0.1, -0.05) is 31.2 Å². The molecule has 2 atom stereocenters. The lowest BCUT2D eigenvalue weighted by atomic mass is 9.98. The van der Waals surface area contributed by atoms with Crippen molar-refractivity contribution in [2.75, 3.05) is 52.3 Å². The van der Waals surface area contributed by atoms with Gasteiger partial charge in [0.2, 0.25) is 0 Å². The maximum absolute atomic E-state index is 5.52. The molecule has 2 N–H and O–H groups in total. The first kappa shape index (κ1) is 22.8. The summed E-state index contributed by atoms with van der Waals surface area (Å²) < 4.78 is 10.8. The number of benzene rings is 2. The van der Waals surface area contributed by atoms with E-state index in [1.807, 2.05) is 31.3 Å². The van der Waals surface area contributed by atoms with E-state index in [1.165, 1.54) is 11.3 Å². The van der Waals surface area contributed by atoms with E-state index in [2.05, 4.69) is 51.7 Å². The van der Waals surface area contributed by atoms with Gasteiger partial charge in [0.05, 0.1) is 19.9 Å². The number of methoxy groups -OCH3 is 2. The van der Waals surface area contributed by atoms with Crippen LogP contribution >= 0.6 is 0 Å². The Hall–Kier alpha value is -2.89. The van der Waals surface area contributed by atoms with Crippen molar-refractivity contribution in [2.45, 2.75) is 25.7 Å². The molecular weight excluding hydrogens is 388 g/mol. The van der Waals surface area contributed by atoms with Crippen LogP contribution < -0.4 is 25.0 Å². The highest BCUT2D eigenvalue weighted by molar-refractivity contribution is 5.79. The minimum atomic E-state index is 0.473. The second-order valence-corrected chi connectivity index (χ2v) is 8.12. The Balaban J connectivity index is 1.40. The van der Waals surface area contributed by atoms with E-state index in [0.29, 0.717) is 11.8 Å². The number of hydrogen-bond donors (Lipinski definition) is 2. The Morgan fingerprint density at radius 2 is 1.87 bits per heavy atom. The van der Waals surface area contributed by atoms with Crippen molar-refractivity contribution in [1.29, 1.82) is 0 Å². The molecule has 6 heteroatoms. The monoisotopic (exact) mass is 424 g/mol. The quantitative estimate of drug-likeness (QED) is 0.472. The topological polar surface area (TPSA) is 58.1 Å². The Morgan fingerprint density at radius 3 is 2.58 bits per heavy atom. The van der Waals surface area contributed by atoms with Crippen LogP contribution in [0.5, 0.6) is 11.5 Å². The van der Waals surface area contributed by atoms with Crippen LogP contribution in [-0.2, 0) is 0 Å². The van der Waals surface area contributed by atoms with Gasteiger partial charge in [-0.25, -0.2) is 0 Å². The van der Waals surface area contributed by atoms with Gasteiger partial charge < -0.3 is 25.0 Å². The highest BCUT2D eigenvalue weighted by Gasteiger charge is 2.24. The maximum Gasteiger partial charge on any atom is 0.190 e. The average molecular weight is 425 g/mol. The largest absolute Gasteiger partial charge is 0.497 e. The molecule has 0 spiro atoms. The van der Waals surface area contributed by atoms with E-state index in [9.17, 15) is 0 Å². The van der Waals surface area contributed by atoms with Crippen molar-refractivity contribution in [3.8, 4) is 11.5 Å². The van der Waals surface area contributed by atoms with Crippen LogP contribution in [0.2, 0.25) is 0 Å². The van der Waals surface area contributed by atoms with E-state index in [4.69, 9.17) is 9.47 Å². The van der Waals surface area contributed by atoms with Gasteiger partial charge in [0.15, 0.2) is 5.96 Å². The average Bonchev–Trinajstić information content (AvgIpc) is 3.30. The second kappa shape index (κ2) is 11.5. The van der Waals surface area contributed by atoms with Gasteiger partial charge in [0, 0.05) is 33.2 Å². The van der Waals surface area contributed by atoms with Crippen LogP contribution in [0.4, 0.5) is 5.69 Å². The van der Waals surface area contributed by atoms with Crippen molar-refractivity contribution in [3.05, 3.63) is 54.1 Å². The summed E-state index contributed by atoms with van der Waals surface area (Å²) in [5.74, 6) is 3.77. The predicted octanol–water partition coefficient (Wildman–Crippen LogP) is 3.89. The van der Waals surface area contributed by atoms with Crippen molar-refractivity contribution >= 4 is 11.6 Å². The molecule has 1 saturated heterocycles. The van der Waals surface area contributed by atoms with Crippen molar-refractivity contribution in [1.82, 2.24) is 10.6 Å². The standard InChI is InChI=1S/C25H36N4O2/c1-19(21-9-11-22(30-3)12-10-21)13-15-27-25(26-2)28-17-20-14-16-29(18-20)23-7-5-6-8-24(23)31-4/h5-12,19-20H,13-18H2,1-4H3,(H2,26,27,28). The van der Waals surface area contributed by atoms with E-state index in [1.54, 1.807) is 14.2 Å². The molecule has 6 nitrogen and oxygen atoms in total. The third-order valence-electron chi connectivity index (χ3n) is 6.05. The number of aliphatic imine (C=N–C) groups is 1. The maximum atomic E-state index is 5.52. The van der Waals surface area contributed by atoms with Crippen LogP contribution in [0.15, 0.2) is 53.5 Å². The summed E-state index contributed by atoms with van der Waals surface area (Å²) in [4.78, 5) is 6.80. The molecule has 0 saturated carbocycles. The van der Waals surface area contributed by atoms with Crippen LogP contribution in [0, 0.1) is 5.92 Å². The third-order valence-corrected chi connectivity index (χ3v) is 6.05. The summed E-state index contributed by atoms with van der Waals surface area (Å²) in [6.45, 7) is 6.13. The summed E-state index contributed by atoms with van der Waals surface area (Å²) in [5, 5.41) is 6.96. The lowest BCUT2D eigenvalue weighted by molar-refractivity contribution is 0.414. The van der Waals surface area contributed by atoms with Crippen LogP contribution in [-0.4, -0.2) is 53.4 Å². The zero-order valence-corrected chi connectivity index (χ0v) is 19.2. The van der Waals surface area contributed by atoms with Crippen molar-refractivity contribution < 1.29 is 9.47 Å². The SMILES string of the molecule is CN=C(NCCC(C)c1ccc(OC)cc1)NCC1CCN(c2ccccc2OC)C1. The third kappa shape index (κ3) is 6.29. The molecule has 2 aromatic rings. The molecule has 0 aromatic heterocycles. The van der Waals surface area contributed by atoms with Crippen molar-refractivity contribution in [3.63, 3.8) is 0 Å². The molecule has 1 aliphatic heterocycles. The summed E-state index contributed by atoms with van der Waals surface area (Å²) in [7, 11) is 5.26. The number of hydrogen-bond acceptors (Lipinski definition) is 4. The van der Waals surface area contributed by atoms with Gasteiger partial charge in [0.1, 0.15) is 11.5 Å². The summed E-state index contributed by atoms with van der Waals surface area (Å²) in [6, 6.07) is 16.6. The Bertz CT molecular complexity index is 838. The molecule has 1 aliphatic rings. The number of rotatable bonds is 9.